The van der Waals surface area contributed by atoms with E-state index in [4.69, 9.17) is 0 Å². The monoisotopic (exact) mass is 420 g/mol. The summed E-state index contributed by atoms with van der Waals surface area (Å²) in [5.41, 5.74) is 3.07. The molecular weight excluding hydrogens is 396 g/mol. The maximum absolute atomic E-state index is 12.6. The highest BCUT2D eigenvalue weighted by Crippen LogP contribution is 2.25. The van der Waals surface area contributed by atoms with Crippen molar-refractivity contribution in [3.8, 4) is 5.69 Å². The van der Waals surface area contributed by atoms with Crippen LogP contribution in [-0.2, 0) is 23.9 Å². The zero-order valence-corrected chi connectivity index (χ0v) is 17.9. The molecule has 0 atom stereocenters. The number of amides is 1. The molecule has 1 amide bonds. The van der Waals surface area contributed by atoms with Crippen molar-refractivity contribution in [3.05, 3.63) is 35.2 Å². The molecular formula is C19H24N4O5S. The number of ether oxygens (including phenoxy) is 2. The molecule has 1 aromatic carbocycles. The second kappa shape index (κ2) is 10.1. The van der Waals surface area contributed by atoms with Crippen molar-refractivity contribution in [2.75, 3.05) is 33.1 Å². The van der Waals surface area contributed by atoms with Gasteiger partial charge in [-0.1, -0.05) is 23.9 Å². The molecule has 0 fully saturated rings. The number of rotatable bonds is 8. The molecule has 29 heavy (non-hydrogen) atoms. The number of hydrogen-bond donors (Lipinski definition) is 0. The maximum atomic E-state index is 12.6. The molecule has 0 aliphatic heterocycles. The van der Waals surface area contributed by atoms with E-state index in [1.165, 1.54) is 26.0 Å². The first kappa shape index (κ1) is 22.4. The molecule has 0 unspecified atom stereocenters. The van der Waals surface area contributed by atoms with Crippen LogP contribution in [0.5, 0.6) is 0 Å². The van der Waals surface area contributed by atoms with E-state index >= 15 is 0 Å². The summed E-state index contributed by atoms with van der Waals surface area (Å²) in [7, 11) is 2.43. The molecule has 0 radical (unpaired) electrons. The third kappa shape index (κ3) is 5.80. The first-order chi connectivity index (χ1) is 13.8. The fourth-order valence-corrected chi connectivity index (χ4v) is 3.46. The lowest BCUT2D eigenvalue weighted by Crippen LogP contribution is -2.41. The second-order valence-corrected chi connectivity index (χ2v) is 7.29. The third-order valence-electron chi connectivity index (χ3n) is 4.17. The van der Waals surface area contributed by atoms with Crippen molar-refractivity contribution in [1.29, 1.82) is 0 Å². The Balaban J connectivity index is 2.19. The van der Waals surface area contributed by atoms with Crippen LogP contribution in [0, 0.1) is 20.8 Å². The van der Waals surface area contributed by atoms with Gasteiger partial charge in [0.2, 0.25) is 5.91 Å². The van der Waals surface area contributed by atoms with Gasteiger partial charge >= 0.3 is 11.9 Å². The average Bonchev–Trinajstić information content (AvgIpc) is 3.07. The van der Waals surface area contributed by atoms with Crippen LogP contribution in [-0.4, -0.2) is 70.6 Å². The largest absolute Gasteiger partial charge is 0.468 e. The molecule has 9 nitrogen and oxygen atoms in total. The minimum absolute atomic E-state index is 0.0308. The molecule has 2 aromatic rings. The van der Waals surface area contributed by atoms with Gasteiger partial charge in [0.15, 0.2) is 5.16 Å². The summed E-state index contributed by atoms with van der Waals surface area (Å²) in [6, 6.07) is 6.06. The van der Waals surface area contributed by atoms with Gasteiger partial charge in [-0.2, -0.15) is 0 Å². The van der Waals surface area contributed by atoms with Crippen LogP contribution in [0.4, 0.5) is 0 Å². The number of hydrogen-bond acceptors (Lipinski definition) is 8. The smallest absolute Gasteiger partial charge is 0.325 e. The van der Waals surface area contributed by atoms with Crippen LogP contribution < -0.4 is 0 Å². The molecule has 0 aliphatic rings. The molecule has 1 aromatic heterocycles. The normalized spacial score (nSPS) is 10.5. The van der Waals surface area contributed by atoms with Gasteiger partial charge in [0, 0.05) is 0 Å². The summed E-state index contributed by atoms with van der Waals surface area (Å²) < 4.78 is 11.1. The van der Waals surface area contributed by atoms with Gasteiger partial charge in [0.25, 0.3) is 0 Å². The van der Waals surface area contributed by atoms with Gasteiger partial charge in [-0.05, 0) is 38.0 Å². The average molecular weight is 420 g/mol. The fourth-order valence-electron chi connectivity index (χ4n) is 2.56. The van der Waals surface area contributed by atoms with Crippen LogP contribution in [0.1, 0.15) is 17.0 Å². The molecule has 10 heteroatoms. The van der Waals surface area contributed by atoms with E-state index in [0.717, 1.165) is 21.7 Å². The highest BCUT2D eigenvalue weighted by atomic mass is 32.2. The van der Waals surface area contributed by atoms with Crippen LogP contribution in [0.3, 0.4) is 0 Å². The first-order valence-electron chi connectivity index (χ1n) is 8.80. The third-order valence-corrected chi connectivity index (χ3v) is 5.09. The van der Waals surface area contributed by atoms with Crippen molar-refractivity contribution in [3.63, 3.8) is 0 Å². The maximum Gasteiger partial charge on any atom is 0.325 e. The lowest BCUT2D eigenvalue weighted by Gasteiger charge is -2.20. The van der Waals surface area contributed by atoms with E-state index in [2.05, 4.69) is 19.7 Å². The van der Waals surface area contributed by atoms with Crippen LogP contribution in [0.2, 0.25) is 0 Å². The Morgan fingerprint density at radius 2 is 1.66 bits per heavy atom. The molecule has 0 aliphatic carbocycles. The lowest BCUT2D eigenvalue weighted by molar-refractivity contribution is -0.151. The number of nitrogens with zero attached hydrogens (tertiary/aromatic N) is 4. The summed E-state index contributed by atoms with van der Waals surface area (Å²) in [4.78, 5) is 36.9. The summed E-state index contributed by atoms with van der Waals surface area (Å²) in [6.45, 7) is 5.14. The minimum atomic E-state index is -0.623. The molecule has 0 saturated heterocycles. The van der Waals surface area contributed by atoms with Crippen LogP contribution >= 0.6 is 11.8 Å². The predicted octanol–water partition coefficient (Wildman–Crippen LogP) is 1.46. The van der Waals surface area contributed by atoms with Crippen LogP contribution in [0.25, 0.3) is 5.69 Å². The van der Waals surface area contributed by atoms with Crippen molar-refractivity contribution >= 4 is 29.6 Å². The topological polar surface area (TPSA) is 104 Å². The van der Waals surface area contributed by atoms with Gasteiger partial charge in [-0.15, -0.1) is 10.2 Å². The quantitative estimate of drug-likeness (QED) is 0.467. The number of esters is 2. The highest BCUT2D eigenvalue weighted by Gasteiger charge is 2.22. The number of benzene rings is 1. The number of aromatic nitrogens is 3. The lowest BCUT2D eigenvalue weighted by atomic mass is 10.1. The molecule has 0 saturated carbocycles. The molecule has 2 rings (SSSR count). The van der Waals surface area contributed by atoms with Gasteiger partial charge in [0.1, 0.15) is 18.9 Å². The minimum Gasteiger partial charge on any atom is -0.468 e. The first-order valence-corrected chi connectivity index (χ1v) is 9.79. The Morgan fingerprint density at radius 3 is 2.24 bits per heavy atom. The van der Waals surface area contributed by atoms with E-state index in [1.807, 2.05) is 43.5 Å². The van der Waals surface area contributed by atoms with Gasteiger partial charge in [-0.25, -0.2) is 0 Å². The Morgan fingerprint density at radius 1 is 1.03 bits per heavy atom. The summed E-state index contributed by atoms with van der Waals surface area (Å²) in [5, 5.41) is 8.84. The number of thioether (sulfide) groups is 1. The Kier molecular flexibility index (Phi) is 7.77. The number of aryl methyl sites for hydroxylation is 3. The number of carbonyl (C=O) groups is 3. The molecule has 1 heterocycles. The summed E-state index contributed by atoms with van der Waals surface area (Å²) in [5.74, 6) is -1.01. The second-order valence-electron chi connectivity index (χ2n) is 6.35. The molecule has 0 spiro atoms. The number of methoxy groups -OCH3 is 2. The van der Waals surface area contributed by atoms with Crippen molar-refractivity contribution in [1.82, 2.24) is 19.7 Å². The SMILES string of the molecule is COC(=O)CN(CC(=O)OC)C(=O)CSc1nnc(C)n1-c1cc(C)ccc1C. The van der Waals surface area contributed by atoms with E-state index in [9.17, 15) is 14.4 Å². The Labute approximate surface area is 173 Å². The van der Waals surface area contributed by atoms with Gasteiger partial charge in [0.05, 0.1) is 25.7 Å². The van der Waals surface area contributed by atoms with Gasteiger partial charge < -0.3 is 14.4 Å². The molecule has 0 N–H and O–H groups in total. The molecule has 156 valence electrons. The zero-order valence-electron chi connectivity index (χ0n) is 17.1. The van der Waals surface area contributed by atoms with E-state index < -0.39 is 17.8 Å². The highest BCUT2D eigenvalue weighted by molar-refractivity contribution is 7.99. The standard InChI is InChI=1S/C19H24N4O5S/c1-12-6-7-13(2)15(8-12)23-14(3)20-21-19(23)29-11-16(24)22(9-17(25)27-4)10-18(26)28-5/h6-8H,9-11H2,1-5H3. The summed E-state index contributed by atoms with van der Waals surface area (Å²) >= 11 is 1.18. The van der Waals surface area contributed by atoms with Crippen molar-refractivity contribution < 1.29 is 23.9 Å². The van der Waals surface area contributed by atoms with Crippen LogP contribution in [0.15, 0.2) is 23.4 Å². The number of carbonyl (C=O) groups excluding carboxylic acids is 3. The zero-order chi connectivity index (χ0) is 21.6. The summed E-state index contributed by atoms with van der Waals surface area (Å²) in [6.07, 6.45) is 0. The van der Waals surface area contributed by atoms with E-state index in [0.29, 0.717) is 11.0 Å². The van der Waals surface area contributed by atoms with Crippen molar-refractivity contribution in [2.24, 2.45) is 0 Å². The van der Waals surface area contributed by atoms with E-state index in [-0.39, 0.29) is 18.8 Å². The van der Waals surface area contributed by atoms with E-state index in [1.54, 1.807) is 0 Å². The predicted molar refractivity (Wildman–Crippen MR) is 107 cm³/mol. The Bertz CT molecular complexity index is 894. The Hall–Kier alpha value is -2.88. The molecule has 0 bridgehead atoms. The van der Waals surface area contributed by atoms with Crippen molar-refractivity contribution in [2.45, 2.75) is 25.9 Å². The van der Waals surface area contributed by atoms with Gasteiger partial charge in [-0.3, -0.25) is 19.0 Å². The fraction of sp³-hybridized carbons (Fsp3) is 0.421.